The van der Waals surface area contributed by atoms with E-state index >= 15 is 0 Å². The van der Waals surface area contributed by atoms with Crippen LogP contribution >= 0.6 is 11.8 Å². The summed E-state index contributed by atoms with van der Waals surface area (Å²) in [6.07, 6.45) is 1.04. The van der Waals surface area contributed by atoms with Crippen LogP contribution < -0.4 is 5.56 Å². The Hall–Kier alpha value is -2.87. The smallest absolute Gasteiger partial charge is 0.274 e. The van der Waals surface area contributed by atoms with Gasteiger partial charge in [0.25, 0.3) is 5.56 Å². The van der Waals surface area contributed by atoms with E-state index in [4.69, 9.17) is 9.47 Å². The van der Waals surface area contributed by atoms with E-state index in [1.165, 1.54) is 29.7 Å². The number of aromatic amines is 1. The van der Waals surface area contributed by atoms with Crippen molar-refractivity contribution in [1.82, 2.24) is 14.6 Å². The number of nitrogens with zero attached hydrogens (tertiary/aromatic N) is 2. The maximum Gasteiger partial charge on any atom is 0.274 e. The summed E-state index contributed by atoms with van der Waals surface area (Å²) in [4.78, 5) is 17.9. The molecule has 2 heterocycles. The number of hydrogen-bond donors (Lipinski definition) is 1. The van der Waals surface area contributed by atoms with Crippen molar-refractivity contribution in [1.29, 1.82) is 0 Å². The lowest BCUT2D eigenvalue weighted by Gasteiger charge is -2.13. The van der Waals surface area contributed by atoms with E-state index in [0.29, 0.717) is 11.3 Å². The Kier molecular flexibility index (Phi) is 5.29. The summed E-state index contributed by atoms with van der Waals surface area (Å²) >= 11 is 1.70. The molecule has 0 aliphatic carbocycles. The molecule has 0 amide bonds. The quantitative estimate of drug-likeness (QED) is 0.499. The largest absolute Gasteiger partial charge is 0.350 e. The van der Waals surface area contributed by atoms with E-state index in [0.717, 1.165) is 16.0 Å². The zero-order valence-corrected chi connectivity index (χ0v) is 16.3. The molecule has 1 N–H and O–H groups in total. The predicted molar refractivity (Wildman–Crippen MR) is 109 cm³/mol. The van der Waals surface area contributed by atoms with Gasteiger partial charge in [-0.3, -0.25) is 4.79 Å². The SMILES string of the molecule is COC(OC)c1cc(=O)n2ncc(-c3ccc(Sc4ccccc4)cc3)c2[nH]1. The molecular weight excluding hydrogens is 374 g/mol. The number of nitrogens with one attached hydrogen (secondary N) is 1. The molecule has 7 heteroatoms. The van der Waals surface area contributed by atoms with Crippen LogP contribution in [-0.4, -0.2) is 28.8 Å². The minimum absolute atomic E-state index is 0.245. The summed E-state index contributed by atoms with van der Waals surface area (Å²) in [6.45, 7) is 0. The van der Waals surface area contributed by atoms with E-state index in [9.17, 15) is 4.79 Å². The fraction of sp³-hybridized carbons (Fsp3) is 0.143. The third-order valence-corrected chi connectivity index (χ3v) is 5.36. The number of methoxy groups -OCH3 is 2. The van der Waals surface area contributed by atoms with Crippen LogP contribution in [0, 0.1) is 0 Å². The van der Waals surface area contributed by atoms with E-state index in [1.807, 2.05) is 30.3 Å². The van der Waals surface area contributed by atoms with Crippen LogP contribution in [-0.2, 0) is 9.47 Å². The van der Waals surface area contributed by atoms with Gasteiger partial charge in [-0.1, -0.05) is 42.1 Å². The van der Waals surface area contributed by atoms with Gasteiger partial charge in [-0.15, -0.1) is 0 Å². The lowest BCUT2D eigenvalue weighted by molar-refractivity contribution is -0.108. The summed E-state index contributed by atoms with van der Waals surface area (Å²) < 4.78 is 11.9. The standard InChI is InChI=1S/C21H19N3O3S/c1-26-21(27-2)18-12-19(25)24-20(23-18)17(13-22-24)14-8-10-16(11-9-14)28-15-6-4-3-5-7-15/h3-13,21,23H,1-2H3. The highest BCUT2D eigenvalue weighted by molar-refractivity contribution is 7.99. The number of benzene rings is 2. The molecule has 0 bridgehead atoms. The van der Waals surface area contributed by atoms with Crippen LogP contribution in [0.2, 0.25) is 0 Å². The molecule has 6 nitrogen and oxygen atoms in total. The van der Waals surface area contributed by atoms with Gasteiger partial charge in [0.15, 0.2) is 6.29 Å². The van der Waals surface area contributed by atoms with Crippen molar-refractivity contribution < 1.29 is 9.47 Å². The van der Waals surface area contributed by atoms with Gasteiger partial charge in [0.2, 0.25) is 0 Å². The summed E-state index contributed by atoms with van der Waals surface area (Å²) in [5.41, 5.74) is 2.70. The van der Waals surface area contributed by atoms with E-state index in [2.05, 4.69) is 34.3 Å². The van der Waals surface area contributed by atoms with Gasteiger partial charge < -0.3 is 14.5 Å². The Morgan fingerprint density at radius 2 is 1.68 bits per heavy atom. The van der Waals surface area contributed by atoms with Gasteiger partial charge in [0.1, 0.15) is 5.65 Å². The van der Waals surface area contributed by atoms with Gasteiger partial charge in [-0.05, 0) is 29.8 Å². The second-order valence-corrected chi connectivity index (χ2v) is 7.27. The molecule has 0 saturated carbocycles. The van der Waals surface area contributed by atoms with Gasteiger partial charge >= 0.3 is 0 Å². The van der Waals surface area contributed by atoms with Crippen LogP contribution in [0.4, 0.5) is 0 Å². The maximum atomic E-state index is 12.4. The van der Waals surface area contributed by atoms with Gasteiger partial charge in [-0.2, -0.15) is 9.61 Å². The van der Waals surface area contributed by atoms with Crippen molar-refractivity contribution in [3.8, 4) is 11.1 Å². The maximum absolute atomic E-state index is 12.4. The molecule has 0 spiro atoms. The molecule has 0 atom stereocenters. The number of hydrogen-bond acceptors (Lipinski definition) is 5. The van der Waals surface area contributed by atoms with Gasteiger partial charge in [0.05, 0.1) is 11.9 Å². The molecule has 0 fully saturated rings. The van der Waals surface area contributed by atoms with Crippen molar-refractivity contribution in [3.63, 3.8) is 0 Å². The highest BCUT2D eigenvalue weighted by Gasteiger charge is 2.16. The van der Waals surface area contributed by atoms with Gasteiger partial charge in [0, 0.05) is 35.6 Å². The van der Waals surface area contributed by atoms with Crippen molar-refractivity contribution in [2.45, 2.75) is 16.1 Å². The first kappa shape index (κ1) is 18.5. The molecule has 2 aromatic carbocycles. The molecule has 0 aliphatic heterocycles. The molecular formula is C21H19N3O3S. The zero-order valence-electron chi connectivity index (χ0n) is 15.5. The lowest BCUT2D eigenvalue weighted by atomic mass is 10.1. The number of H-pyrrole nitrogens is 1. The molecule has 142 valence electrons. The topological polar surface area (TPSA) is 68.6 Å². The van der Waals surface area contributed by atoms with Crippen molar-refractivity contribution >= 4 is 17.4 Å². The first-order chi connectivity index (χ1) is 13.7. The van der Waals surface area contributed by atoms with Gasteiger partial charge in [-0.25, -0.2) is 0 Å². The second-order valence-electron chi connectivity index (χ2n) is 6.12. The molecule has 4 rings (SSSR count). The van der Waals surface area contributed by atoms with Crippen molar-refractivity contribution in [2.75, 3.05) is 14.2 Å². The van der Waals surface area contributed by atoms with Crippen molar-refractivity contribution in [2.24, 2.45) is 0 Å². The highest BCUT2D eigenvalue weighted by atomic mass is 32.2. The summed E-state index contributed by atoms with van der Waals surface area (Å²) in [5, 5.41) is 4.22. The third-order valence-electron chi connectivity index (χ3n) is 4.35. The molecule has 0 unspecified atom stereocenters. The summed E-state index contributed by atoms with van der Waals surface area (Å²) in [6, 6.07) is 19.8. The Balaban J connectivity index is 1.69. The molecule has 0 saturated heterocycles. The first-order valence-electron chi connectivity index (χ1n) is 8.69. The summed E-state index contributed by atoms with van der Waals surface area (Å²) in [5.74, 6) is 0. The minimum Gasteiger partial charge on any atom is -0.350 e. The van der Waals surface area contributed by atoms with Crippen LogP contribution in [0.3, 0.4) is 0 Å². The van der Waals surface area contributed by atoms with Crippen LogP contribution in [0.1, 0.15) is 12.0 Å². The Morgan fingerprint density at radius 1 is 1.00 bits per heavy atom. The fourth-order valence-corrected chi connectivity index (χ4v) is 3.86. The average Bonchev–Trinajstić information content (AvgIpc) is 3.15. The molecule has 2 aromatic heterocycles. The molecule has 28 heavy (non-hydrogen) atoms. The Morgan fingerprint density at radius 3 is 2.36 bits per heavy atom. The first-order valence-corrected chi connectivity index (χ1v) is 9.51. The third kappa shape index (κ3) is 3.60. The lowest BCUT2D eigenvalue weighted by Crippen LogP contribution is -2.18. The molecule has 0 radical (unpaired) electrons. The van der Waals surface area contributed by atoms with E-state index in [1.54, 1.807) is 18.0 Å². The van der Waals surface area contributed by atoms with Crippen molar-refractivity contribution in [3.05, 3.63) is 82.9 Å². The Bertz CT molecular complexity index is 1130. The Labute approximate surface area is 166 Å². The number of fused-ring (bicyclic) bond motifs is 1. The number of ether oxygens (including phenoxy) is 2. The van der Waals surface area contributed by atoms with Crippen LogP contribution in [0.5, 0.6) is 0 Å². The highest BCUT2D eigenvalue weighted by Crippen LogP contribution is 2.30. The monoisotopic (exact) mass is 393 g/mol. The van der Waals surface area contributed by atoms with E-state index < -0.39 is 6.29 Å². The zero-order chi connectivity index (χ0) is 19.5. The number of rotatable bonds is 6. The fourth-order valence-electron chi connectivity index (χ4n) is 3.02. The van der Waals surface area contributed by atoms with Crippen LogP contribution in [0.15, 0.2) is 81.4 Å². The predicted octanol–water partition coefficient (Wildman–Crippen LogP) is 4.13. The normalized spacial score (nSPS) is 11.4. The second kappa shape index (κ2) is 8.02. The number of aromatic nitrogens is 3. The minimum atomic E-state index is -0.648. The van der Waals surface area contributed by atoms with Crippen LogP contribution in [0.25, 0.3) is 16.8 Å². The molecule has 4 aromatic rings. The summed E-state index contributed by atoms with van der Waals surface area (Å²) in [7, 11) is 3.05. The van der Waals surface area contributed by atoms with E-state index in [-0.39, 0.29) is 5.56 Å². The average molecular weight is 393 g/mol. The molecule has 0 aliphatic rings.